The van der Waals surface area contributed by atoms with Crippen LogP contribution in [-0.4, -0.2) is 31.7 Å². The third-order valence-electron chi connectivity index (χ3n) is 5.53. The Labute approximate surface area is 201 Å². The number of rotatable bonds is 10. The molecule has 2 heterocycles. The first-order valence-electron chi connectivity index (χ1n) is 10.9. The smallest absolute Gasteiger partial charge is 0.335 e. The first kappa shape index (κ1) is 23.2. The van der Waals surface area contributed by atoms with Gasteiger partial charge in [0.25, 0.3) is 0 Å². The molecule has 0 bridgehead atoms. The lowest BCUT2D eigenvalue weighted by Crippen LogP contribution is -2.10. The molecule has 2 N–H and O–H groups in total. The summed E-state index contributed by atoms with van der Waals surface area (Å²) in [4.78, 5) is 28.8. The number of hydrogen-bond acceptors (Lipinski definition) is 4. The number of thiophene rings is 1. The molecule has 34 heavy (non-hydrogen) atoms. The summed E-state index contributed by atoms with van der Waals surface area (Å²) in [6.07, 6.45) is 5.24. The van der Waals surface area contributed by atoms with Crippen LogP contribution in [0.3, 0.4) is 0 Å². The van der Waals surface area contributed by atoms with E-state index in [-0.39, 0.29) is 5.56 Å². The minimum absolute atomic E-state index is 0.225. The van der Waals surface area contributed by atoms with Crippen molar-refractivity contribution in [3.05, 3.63) is 117 Å². The Balaban J connectivity index is 1.66. The maximum Gasteiger partial charge on any atom is 0.335 e. The van der Waals surface area contributed by atoms with E-state index in [1.54, 1.807) is 36.5 Å². The number of carboxylic acid groups (broad SMARTS) is 2. The molecule has 0 aliphatic heterocycles. The third kappa shape index (κ3) is 5.88. The lowest BCUT2D eigenvalue weighted by atomic mass is 10.1. The normalized spacial score (nSPS) is 11.5. The third-order valence-corrected chi connectivity index (χ3v) is 6.41. The van der Waals surface area contributed by atoms with Gasteiger partial charge in [0, 0.05) is 29.8 Å². The number of aryl methyl sites for hydroxylation is 2. The zero-order valence-electron chi connectivity index (χ0n) is 18.4. The summed E-state index contributed by atoms with van der Waals surface area (Å²) in [5, 5.41) is 20.9. The van der Waals surface area contributed by atoms with Crippen LogP contribution < -0.4 is 0 Å². The molecule has 0 unspecified atom stereocenters. The maximum atomic E-state index is 12.0. The van der Waals surface area contributed by atoms with Crippen LogP contribution in [0.5, 0.6) is 0 Å². The predicted molar refractivity (Wildman–Crippen MR) is 132 cm³/mol. The van der Waals surface area contributed by atoms with Gasteiger partial charge in [-0.2, -0.15) is 0 Å². The molecule has 4 aromatic rings. The molecule has 0 spiro atoms. The van der Waals surface area contributed by atoms with Crippen LogP contribution in [-0.2, 0) is 30.6 Å². The molecular weight excluding hydrogens is 448 g/mol. The van der Waals surface area contributed by atoms with E-state index in [4.69, 9.17) is 0 Å². The van der Waals surface area contributed by atoms with E-state index >= 15 is 0 Å². The SMILES string of the molecule is O=C(O)/C(=C/c1cnc(CCc2ccccc2)n1Cc1ccc(C(=O)O)cc1)Cc1cccs1. The van der Waals surface area contributed by atoms with Crippen molar-refractivity contribution in [1.29, 1.82) is 0 Å². The van der Waals surface area contributed by atoms with Crippen LogP contribution in [0.2, 0.25) is 0 Å². The van der Waals surface area contributed by atoms with Crippen molar-refractivity contribution in [3.63, 3.8) is 0 Å². The van der Waals surface area contributed by atoms with Crippen LogP contribution in [0.25, 0.3) is 6.08 Å². The molecule has 0 amide bonds. The summed E-state index contributed by atoms with van der Waals surface area (Å²) in [6, 6.07) is 20.7. The molecule has 0 aliphatic carbocycles. The first-order chi connectivity index (χ1) is 16.5. The molecule has 7 heteroatoms. The molecule has 0 saturated carbocycles. The highest BCUT2D eigenvalue weighted by Crippen LogP contribution is 2.20. The van der Waals surface area contributed by atoms with Gasteiger partial charge in [-0.15, -0.1) is 11.3 Å². The highest BCUT2D eigenvalue weighted by atomic mass is 32.1. The van der Waals surface area contributed by atoms with Gasteiger partial charge in [-0.25, -0.2) is 14.6 Å². The van der Waals surface area contributed by atoms with Crippen molar-refractivity contribution >= 4 is 29.4 Å². The van der Waals surface area contributed by atoms with Crippen molar-refractivity contribution in [2.45, 2.75) is 25.8 Å². The van der Waals surface area contributed by atoms with Crippen LogP contribution in [0, 0.1) is 0 Å². The molecule has 0 aliphatic rings. The van der Waals surface area contributed by atoms with Crippen LogP contribution >= 0.6 is 11.3 Å². The molecule has 2 aromatic carbocycles. The fourth-order valence-corrected chi connectivity index (χ4v) is 4.46. The van der Waals surface area contributed by atoms with Crippen LogP contribution in [0.4, 0.5) is 0 Å². The molecule has 172 valence electrons. The molecule has 2 aromatic heterocycles. The van der Waals surface area contributed by atoms with Crippen molar-refractivity contribution in [2.75, 3.05) is 0 Å². The van der Waals surface area contributed by atoms with Crippen LogP contribution in [0.1, 0.15) is 37.9 Å². The number of nitrogens with zero attached hydrogens (tertiary/aromatic N) is 2. The largest absolute Gasteiger partial charge is 0.478 e. The molecule has 0 saturated heterocycles. The molecule has 0 fully saturated rings. The minimum Gasteiger partial charge on any atom is -0.478 e. The van der Waals surface area contributed by atoms with Crippen molar-refractivity contribution < 1.29 is 19.8 Å². The summed E-state index contributed by atoms with van der Waals surface area (Å²) < 4.78 is 2.01. The Kier molecular flexibility index (Phi) is 7.34. The second-order valence-electron chi connectivity index (χ2n) is 7.90. The van der Waals surface area contributed by atoms with E-state index in [1.165, 1.54) is 16.9 Å². The second kappa shape index (κ2) is 10.8. The Morgan fingerprint density at radius 2 is 1.68 bits per heavy atom. The summed E-state index contributed by atoms with van der Waals surface area (Å²) in [7, 11) is 0. The van der Waals surface area contributed by atoms with Gasteiger partial charge in [-0.1, -0.05) is 48.5 Å². The number of carbonyl (C=O) groups is 2. The maximum absolute atomic E-state index is 12.0. The summed E-state index contributed by atoms with van der Waals surface area (Å²) in [6.45, 7) is 0.460. The Morgan fingerprint density at radius 3 is 2.32 bits per heavy atom. The predicted octanol–water partition coefficient (Wildman–Crippen LogP) is 5.19. The van der Waals surface area contributed by atoms with Gasteiger partial charge < -0.3 is 14.8 Å². The Morgan fingerprint density at radius 1 is 0.912 bits per heavy atom. The number of carboxylic acids is 2. The van der Waals surface area contributed by atoms with Gasteiger partial charge in [-0.3, -0.25) is 0 Å². The van der Waals surface area contributed by atoms with E-state index in [0.717, 1.165) is 22.7 Å². The standard InChI is InChI=1S/C27H24N2O4S/c30-26(31)21-11-8-20(9-12-21)18-29-23(15-22(27(32)33)16-24-7-4-14-34-24)17-28-25(29)13-10-19-5-2-1-3-6-19/h1-9,11-12,14-15,17H,10,13,16,18H2,(H,30,31)(H,32,33)/b22-15+. The topological polar surface area (TPSA) is 92.4 Å². The minimum atomic E-state index is -0.971. The number of imidazole rings is 1. The molecule has 0 radical (unpaired) electrons. The Hall–Kier alpha value is -3.97. The average Bonchev–Trinajstić information content (AvgIpc) is 3.48. The zero-order chi connectivity index (χ0) is 23.9. The van der Waals surface area contributed by atoms with Crippen molar-refractivity contribution in [3.8, 4) is 0 Å². The van der Waals surface area contributed by atoms with Gasteiger partial charge in [0.15, 0.2) is 0 Å². The van der Waals surface area contributed by atoms with Gasteiger partial charge in [0.1, 0.15) is 5.82 Å². The fourth-order valence-electron chi connectivity index (χ4n) is 3.73. The molecule has 0 atom stereocenters. The van der Waals surface area contributed by atoms with Gasteiger partial charge in [0.05, 0.1) is 17.5 Å². The summed E-state index contributed by atoms with van der Waals surface area (Å²) in [5.41, 5.74) is 3.33. The van der Waals surface area contributed by atoms with Crippen LogP contribution in [0.15, 0.2) is 83.9 Å². The zero-order valence-corrected chi connectivity index (χ0v) is 19.2. The number of aromatic nitrogens is 2. The summed E-state index contributed by atoms with van der Waals surface area (Å²) in [5.74, 6) is -1.09. The highest BCUT2D eigenvalue weighted by molar-refractivity contribution is 7.09. The number of aliphatic carboxylic acids is 1. The van der Waals surface area contributed by atoms with E-state index < -0.39 is 11.9 Å². The number of aromatic carboxylic acids is 1. The molecular formula is C27H24N2O4S. The van der Waals surface area contributed by atoms with Crippen molar-refractivity contribution in [2.24, 2.45) is 0 Å². The highest BCUT2D eigenvalue weighted by Gasteiger charge is 2.15. The van der Waals surface area contributed by atoms with Gasteiger partial charge in [0.2, 0.25) is 0 Å². The fraction of sp³-hybridized carbons (Fsp3) is 0.148. The average molecular weight is 473 g/mol. The lowest BCUT2D eigenvalue weighted by molar-refractivity contribution is -0.132. The number of hydrogen-bond donors (Lipinski definition) is 2. The van der Waals surface area contributed by atoms with E-state index in [1.807, 2.05) is 40.3 Å². The van der Waals surface area contributed by atoms with Crippen molar-refractivity contribution in [1.82, 2.24) is 9.55 Å². The molecule has 4 rings (SSSR count). The van der Waals surface area contributed by atoms with E-state index in [9.17, 15) is 19.8 Å². The number of benzene rings is 2. The lowest BCUT2D eigenvalue weighted by Gasteiger charge is -2.12. The molecule has 6 nitrogen and oxygen atoms in total. The monoisotopic (exact) mass is 472 g/mol. The summed E-state index contributed by atoms with van der Waals surface area (Å²) >= 11 is 1.53. The first-order valence-corrected chi connectivity index (χ1v) is 11.7. The quantitative estimate of drug-likeness (QED) is 0.310. The second-order valence-corrected chi connectivity index (χ2v) is 8.94. The van der Waals surface area contributed by atoms with E-state index in [2.05, 4.69) is 17.1 Å². The van der Waals surface area contributed by atoms with Gasteiger partial charge >= 0.3 is 11.9 Å². The van der Waals surface area contributed by atoms with E-state index in [0.29, 0.717) is 30.7 Å². The Bertz CT molecular complexity index is 1290. The van der Waals surface area contributed by atoms with Gasteiger partial charge in [-0.05, 0) is 47.2 Å².